The third-order valence-corrected chi connectivity index (χ3v) is 0.594. The van der Waals surface area contributed by atoms with Gasteiger partial charge in [-0.3, -0.25) is 0 Å². The average Bonchev–Trinajstić information content (AvgIpc) is 1.41. The molecule has 0 rings (SSSR count). The normalized spacial score (nSPS) is 6.60. The summed E-state index contributed by atoms with van der Waals surface area (Å²) in [6.07, 6.45) is 0. The van der Waals surface area contributed by atoms with Crippen LogP contribution in [0.25, 0.3) is 0 Å². The van der Waals surface area contributed by atoms with E-state index < -0.39 is 0 Å². The molecule has 31 valence electrons. The van der Waals surface area contributed by atoms with Crippen LogP contribution >= 0.6 is 12.2 Å². The summed E-state index contributed by atoms with van der Waals surface area (Å²) in [5.41, 5.74) is 3.97. The van der Waals surface area contributed by atoms with Crippen molar-refractivity contribution in [2.75, 3.05) is 0 Å². The molecular weight excluding hydrogens is 262 g/mol. The SMILES string of the molecule is S=CN[NH][Os]. The van der Waals surface area contributed by atoms with Gasteiger partial charge in [0, 0.05) is 0 Å². The second-order valence-electron chi connectivity index (χ2n) is 0.351. The van der Waals surface area contributed by atoms with Crippen LogP contribution in [-0.4, -0.2) is 5.49 Å². The molecule has 0 heterocycles. The molecule has 0 amide bonds. The molecule has 0 aliphatic carbocycles. The molecule has 0 radical (unpaired) electrons. The van der Waals surface area contributed by atoms with Gasteiger partial charge in [-0.2, -0.15) is 0 Å². The second kappa shape index (κ2) is 4.49. The Morgan fingerprint density at radius 3 is 2.40 bits per heavy atom. The molecule has 0 fully saturated rings. The van der Waals surface area contributed by atoms with E-state index in [9.17, 15) is 0 Å². The minimum absolute atomic E-state index is 1.41. The predicted molar refractivity (Wildman–Crippen MR) is 19.9 cm³/mol. The van der Waals surface area contributed by atoms with Gasteiger partial charge in [0.1, 0.15) is 0 Å². The molecule has 0 saturated carbocycles. The van der Waals surface area contributed by atoms with Crippen molar-refractivity contribution in [1.82, 2.24) is 9.56 Å². The fraction of sp³-hybridized carbons (Fsp3) is 0. The van der Waals surface area contributed by atoms with Crippen LogP contribution in [-0.2, 0) is 18.8 Å². The summed E-state index contributed by atoms with van der Waals surface area (Å²) in [7, 11) is 0. The van der Waals surface area contributed by atoms with Crippen LogP contribution in [0.5, 0.6) is 0 Å². The number of nitrogens with one attached hydrogen (secondary N) is 2. The number of hydrazine groups is 1. The molecule has 2 nitrogen and oxygen atoms in total. The number of rotatable bonds is 2. The first-order valence-electron chi connectivity index (χ1n) is 0.951. The van der Waals surface area contributed by atoms with Crippen LogP contribution in [0.1, 0.15) is 0 Å². The Bertz CT molecular complexity index is 30.8. The Hall–Kier alpha value is 0.486. The van der Waals surface area contributed by atoms with Gasteiger partial charge in [-0.05, 0) is 0 Å². The zero-order valence-electron chi connectivity index (χ0n) is 2.34. The first-order valence-corrected chi connectivity index (χ1v) is 2.69. The van der Waals surface area contributed by atoms with Crippen LogP contribution in [0.2, 0.25) is 0 Å². The van der Waals surface area contributed by atoms with Crippen LogP contribution in [0.15, 0.2) is 0 Å². The minimum atomic E-state index is 1.41. The first kappa shape index (κ1) is 5.49. The Morgan fingerprint density at radius 2 is 2.40 bits per heavy atom. The van der Waals surface area contributed by atoms with E-state index >= 15 is 0 Å². The third-order valence-electron chi connectivity index (χ3n) is 0.110. The van der Waals surface area contributed by atoms with Crippen LogP contribution < -0.4 is 9.56 Å². The molecule has 0 spiro atoms. The number of hydrogen-bond donors (Lipinski definition) is 2. The van der Waals surface area contributed by atoms with Gasteiger partial charge in [-0.25, -0.2) is 0 Å². The topological polar surface area (TPSA) is 24.1 Å². The summed E-state index contributed by atoms with van der Waals surface area (Å²) in [5, 5.41) is 0. The van der Waals surface area contributed by atoms with Crippen molar-refractivity contribution in [2.24, 2.45) is 0 Å². The standard InChI is InChI=1S/CH3N2S.Os/c2-3-1-4;/h1-2H,(H,3,4);/q-1;+1. The molecule has 0 aliphatic rings. The van der Waals surface area contributed by atoms with Crippen molar-refractivity contribution in [3.63, 3.8) is 0 Å². The van der Waals surface area contributed by atoms with E-state index in [4.69, 9.17) is 0 Å². The molecule has 4 heteroatoms. The van der Waals surface area contributed by atoms with Gasteiger partial charge >= 0.3 is 46.1 Å². The van der Waals surface area contributed by atoms with Crippen LogP contribution in [0, 0.1) is 0 Å². The fourth-order valence-corrected chi connectivity index (χ4v) is 0.512. The number of hydrogen-bond acceptors (Lipinski definition) is 2. The maximum atomic E-state index is 4.36. The molecule has 0 atom stereocenters. The molecule has 2 N–H and O–H groups in total. The van der Waals surface area contributed by atoms with Crippen molar-refractivity contribution in [3.8, 4) is 0 Å². The van der Waals surface area contributed by atoms with Gasteiger partial charge in [-0.15, -0.1) is 0 Å². The van der Waals surface area contributed by atoms with E-state index in [1.807, 2.05) is 0 Å². The van der Waals surface area contributed by atoms with Gasteiger partial charge in [-0.1, -0.05) is 0 Å². The molecule has 0 aromatic heterocycles. The predicted octanol–water partition coefficient (Wildman–Crippen LogP) is -0.500. The van der Waals surface area contributed by atoms with Crippen LogP contribution in [0.4, 0.5) is 0 Å². The van der Waals surface area contributed by atoms with E-state index in [2.05, 4.69) is 21.8 Å². The quantitative estimate of drug-likeness (QED) is 0.520. The monoisotopic (exact) mass is 267 g/mol. The third kappa shape index (κ3) is 4.49. The first-order chi connectivity index (χ1) is 2.41. The Balaban J connectivity index is 2.40. The molecular formula is CH3N2OsS. The maximum absolute atomic E-state index is 4.36. The summed E-state index contributed by atoms with van der Waals surface area (Å²) in [5.74, 6) is 0. The van der Waals surface area contributed by atoms with Gasteiger partial charge < -0.3 is 0 Å². The summed E-state index contributed by atoms with van der Waals surface area (Å²) in [4.78, 5) is 0. The molecule has 0 saturated heterocycles. The zero-order valence-corrected chi connectivity index (χ0v) is 5.70. The Labute approximate surface area is 46.5 Å². The molecule has 0 aromatic carbocycles. The second-order valence-corrected chi connectivity index (χ2v) is 1.22. The fourth-order valence-electron chi connectivity index (χ4n) is 0.0208. The Kier molecular flexibility index (Phi) is 4.92. The Morgan fingerprint density at radius 1 is 1.80 bits per heavy atom. The molecule has 5 heavy (non-hydrogen) atoms. The van der Waals surface area contributed by atoms with E-state index in [0.29, 0.717) is 0 Å². The van der Waals surface area contributed by atoms with Crippen molar-refractivity contribution >= 4 is 17.7 Å². The zero-order chi connectivity index (χ0) is 4.12. The van der Waals surface area contributed by atoms with Crippen molar-refractivity contribution < 1.29 is 18.8 Å². The van der Waals surface area contributed by atoms with E-state index in [-0.39, 0.29) is 0 Å². The van der Waals surface area contributed by atoms with Gasteiger partial charge in [0.2, 0.25) is 0 Å². The van der Waals surface area contributed by atoms with Gasteiger partial charge in [0.25, 0.3) is 0 Å². The molecule has 0 aromatic rings. The van der Waals surface area contributed by atoms with Gasteiger partial charge in [0.05, 0.1) is 0 Å². The summed E-state index contributed by atoms with van der Waals surface area (Å²) in [6.45, 7) is 0. The average molecular weight is 265 g/mol. The van der Waals surface area contributed by atoms with Crippen molar-refractivity contribution in [2.45, 2.75) is 0 Å². The molecule has 0 unspecified atom stereocenters. The van der Waals surface area contributed by atoms with E-state index in [1.165, 1.54) is 5.49 Å². The summed E-state index contributed by atoms with van der Waals surface area (Å²) < 4.78 is 2.64. The summed E-state index contributed by atoms with van der Waals surface area (Å²) in [6, 6.07) is 0. The van der Waals surface area contributed by atoms with Crippen LogP contribution in [0.3, 0.4) is 0 Å². The van der Waals surface area contributed by atoms with E-state index in [1.54, 1.807) is 18.8 Å². The number of thiocarbonyl (C=S) groups is 1. The summed E-state index contributed by atoms with van der Waals surface area (Å²) >= 11 is 5.95. The molecule has 0 aliphatic heterocycles. The molecule has 0 bridgehead atoms. The van der Waals surface area contributed by atoms with Gasteiger partial charge in [0.15, 0.2) is 0 Å². The van der Waals surface area contributed by atoms with Crippen molar-refractivity contribution in [3.05, 3.63) is 0 Å². The van der Waals surface area contributed by atoms with E-state index in [0.717, 1.165) is 0 Å². The van der Waals surface area contributed by atoms with Crippen molar-refractivity contribution in [1.29, 1.82) is 0 Å².